The second kappa shape index (κ2) is 2.42. The van der Waals surface area contributed by atoms with E-state index in [0.717, 1.165) is 6.42 Å². The first-order valence-corrected chi connectivity index (χ1v) is 5.12. The molecule has 0 aromatic heterocycles. The van der Waals surface area contributed by atoms with E-state index in [2.05, 4.69) is 0 Å². The second-order valence-corrected chi connectivity index (χ2v) is 4.62. The summed E-state index contributed by atoms with van der Waals surface area (Å²) in [6.07, 6.45) is -0.323. The minimum Gasteiger partial charge on any atom is -0.365 e. The van der Waals surface area contributed by atoms with Crippen molar-refractivity contribution < 1.29 is 22.3 Å². The molecule has 1 nitrogen and oxygen atoms in total. The Bertz CT molecular complexity index is 482. The predicted molar refractivity (Wildman–Crippen MR) is 44.4 cm³/mol. The van der Waals surface area contributed by atoms with Crippen LogP contribution in [-0.4, -0.2) is 0 Å². The van der Waals surface area contributed by atoms with Crippen LogP contribution in [0.4, 0.5) is 17.6 Å². The highest BCUT2D eigenvalue weighted by Gasteiger charge is 2.63. The normalized spacial score (nSPS) is 37.5. The van der Waals surface area contributed by atoms with E-state index >= 15 is 0 Å². The zero-order valence-electron chi connectivity index (χ0n) is 7.94. The van der Waals surface area contributed by atoms with Gasteiger partial charge in [0.25, 0.3) is 0 Å². The summed E-state index contributed by atoms with van der Waals surface area (Å²) >= 11 is 0. The Morgan fingerprint density at radius 3 is 1.62 bits per heavy atom. The molecule has 1 aromatic carbocycles. The third-order valence-electron chi connectivity index (χ3n) is 3.87. The minimum absolute atomic E-state index is 0.0971. The number of halogens is 4. The van der Waals surface area contributed by atoms with Crippen molar-refractivity contribution in [1.82, 2.24) is 0 Å². The van der Waals surface area contributed by atoms with Crippen LogP contribution in [0.2, 0.25) is 0 Å². The Morgan fingerprint density at radius 1 is 0.750 bits per heavy atom. The number of ether oxygens (including phenoxy) is 1. The fraction of sp³-hybridized carbons (Fsp3) is 0.455. The smallest absolute Gasteiger partial charge is 0.197 e. The van der Waals surface area contributed by atoms with E-state index in [1.807, 2.05) is 0 Å². The van der Waals surface area contributed by atoms with Gasteiger partial charge >= 0.3 is 0 Å². The van der Waals surface area contributed by atoms with Crippen LogP contribution in [0, 0.1) is 35.1 Å². The Labute approximate surface area is 88.0 Å². The van der Waals surface area contributed by atoms with Crippen LogP contribution in [0.1, 0.15) is 29.8 Å². The molecular weight excluding hydrogens is 224 g/mol. The van der Waals surface area contributed by atoms with Gasteiger partial charge in [-0.25, -0.2) is 17.6 Å². The van der Waals surface area contributed by atoms with Gasteiger partial charge in [-0.2, -0.15) is 0 Å². The lowest BCUT2D eigenvalue weighted by Gasteiger charge is -2.13. The van der Waals surface area contributed by atoms with Crippen molar-refractivity contribution in [1.29, 1.82) is 0 Å². The van der Waals surface area contributed by atoms with Gasteiger partial charge in [-0.15, -0.1) is 0 Å². The average molecular weight is 230 g/mol. The van der Waals surface area contributed by atoms with Crippen LogP contribution in [0.15, 0.2) is 0 Å². The Kier molecular flexibility index (Phi) is 1.36. The fourth-order valence-corrected chi connectivity index (χ4v) is 3.08. The number of rotatable bonds is 0. The van der Waals surface area contributed by atoms with E-state index in [9.17, 15) is 17.6 Å². The van der Waals surface area contributed by atoms with Crippen molar-refractivity contribution in [2.75, 3.05) is 0 Å². The highest BCUT2D eigenvalue weighted by Crippen LogP contribution is 2.70. The SMILES string of the molecule is Fc1c(F)c(F)c2c(c1F)[C@H]1O[C@@H]2[C@@H]2C[C@@H]21. The van der Waals surface area contributed by atoms with Gasteiger partial charge in [0.2, 0.25) is 0 Å². The molecule has 0 amide bonds. The molecule has 1 saturated heterocycles. The number of hydrogen-bond acceptors (Lipinski definition) is 1. The molecule has 4 atom stereocenters. The Hall–Kier alpha value is -1.10. The number of hydrogen-bond donors (Lipinski definition) is 0. The lowest BCUT2D eigenvalue weighted by atomic mass is 9.90. The quantitative estimate of drug-likeness (QED) is 0.378. The van der Waals surface area contributed by atoms with Gasteiger partial charge in [-0.1, -0.05) is 0 Å². The van der Waals surface area contributed by atoms with Crippen molar-refractivity contribution in [2.45, 2.75) is 18.6 Å². The largest absolute Gasteiger partial charge is 0.365 e. The molecule has 1 aromatic rings. The van der Waals surface area contributed by atoms with E-state index in [1.54, 1.807) is 0 Å². The summed E-state index contributed by atoms with van der Waals surface area (Å²) in [5.74, 6) is -5.71. The summed E-state index contributed by atoms with van der Waals surface area (Å²) in [4.78, 5) is 0. The molecule has 0 unspecified atom stereocenters. The van der Waals surface area contributed by atoms with Gasteiger partial charge in [-0.3, -0.25) is 0 Å². The molecule has 16 heavy (non-hydrogen) atoms. The molecule has 2 heterocycles. The standard InChI is InChI=1S/C11H6F4O/c12-6-4-5(7(13)9(15)8(6)14)11-3-1-2(3)10(4)16-11/h2-3,10-11H,1H2/t2-,3+,10-,11+. The third-order valence-corrected chi connectivity index (χ3v) is 3.87. The topological polar surface area (TPSA) is 9.23 Å². The van der Waals surface area contributed by atoms with Crippen LogP contribution in [-0.2, 0) is 4.74 Å². The van der Waals surface area contributed by atoms with Crippen molar-refractivity contribution in [3.05, 3.63) is 34.4 Å². The van der Waals surface area contributed by atoms with Crippen molar-refractivity contribution in [3.63, 3.8) is 0 Å². The minimum atomic E-state index is -1.73. The predicted octanol–water partition coefficient (Wildman–Crippen LogP) is 3.01. The Morgan fingerprint density at radius 2 is 1.19 bits per heavy atom. The lowest BCUT2D eigenvalue weighted by molar-refractivity contribution is 0.0370. The van der Waals surface area contributed by atoms with Crippen LogP contribution < -0.4 is 0 Å². The van der Waals surface area contributed by atoms with Gasteiger partial charge in [0.05, 0.1) is 12.2 Å². The summed E-state index contributed by atoms with van der Waals surface area (Å²) in [7, 11) is 0. The molecular formula is C11H6F4O. The summed E-state index contributed by atoms with van der Waals surface area (Å²) in [6, 6.07) is 0. The zero-order valence-corrected chi connectivity index (χ0v) is 7.94. The van der Waals surface area contributed by atoms with E-state index < -0.39 is 35.5 Å². The van der Waals surface area contributed by atoms with E-state index in [1.165, 1.54) is 0 Å². The fourth-order valence-electron chi connectivity index (χ4n) is 3.08. The maximum atomic E-state index is 13.5. The molecule has 84 valence electrons. The number of benzene rings is 1. The highest BCUT2D eigenvalue weighted by molar-refractivity contribution is 5.44. The molecule has 2 fully saturated rings. The zero-order chi connectivity index (χ0) is 11.2. The maximum absolute atomic E-state index is 13.5. The second-order valence-electron chi connectivity index (χ2n) is 4.62. The molecule has 3 aliphatic rings. The van der Waals surface area contributed by atoms with Crippen LogP contribution in [0.3, 0.4) is 0 Å². The van der Waals surface area contributed by atoms with E-state index in [0.29, 0.717) is 0 Å². The summed E-state index contributed by atoms with van der Waals surface area (Å²) in [6.45, 7) is 0. The van der Waals surface area contributed by atoms with Gasteiger partial charge < -0.3 is 4.74 Å². The van der Waals surface area contributed by atoms with Gasteiger partial charge in [-0.05, 0) is 18.3 Å². The molecule has 5 heteroatoms. The van der Waals surface area contributed by atoms with Crippen molar-refractivity contribution >= 4 is 0 Å². The van der Waals surface area contributed by atoms with Crippen molar-refractivity contribution in [3.8, 4) is 0 Å². The molecule has 0 spiro atoms. The molecule has 1 aliphatic carbocycles. The summed E-state index contributed by atoms with van der Waals surface area (Å²) in [5.41, 5.74) is -0.194. The van der Waals surface area contributed by atoms with Gasteiger partial charge in [0, 0.05) is 11.1 Å². The average Bonchev–Trinajstić information content (AvgIpc) is 2.90. The summed E-state index contributed by atoms with van der Waals surface area (Å²) in [5, 5.41) is 0. The molecule has 4 rings (SSSR count). The molecule has 0 N–H and O–H groups in total. The first kappa shape index (κ1) is 8.98. The third kappa shape index (κ3) is 0.764. The van der Waals surface area contributed by atoms with Crippen LogP contribution >= 0.6 is 0 Å². The monoisotopic (exact) mass is 230 g/mol. The first-order chi connectivity index (χ1) is 7.61. The number of fused-ring (bicyclic) bond motifs is 8. The Balaban J connectivity index is 2.07. The maximum Gasteiger partial charge on any atom is 0.197 e. The van der Waals surface area contributed by atoms with Gasteiger partial charge in [0.1, 0.15) is 0 Å². The molecule has 1 saturated carbocycles. The van der Waals surface area contributed by atoms with Crippen molar-refractivity contribution in [2.24, 2.45) is 11.8 Å². The molecule has 2 bridgehead atoms. The molecule has 0 radical (unpaired) electrons. The first-order valence-electron chi connectivity index (χ1n) is 5.12. The van der Waals surface area contributed by atoms with Crippen LogP contribution in [0.25, 0.3) is 0 Å². The molecule has 2 aliphatic heterocycles. The van der Waals surface area contributed by atoms with Crippen LogP contribution in [0.5, 0.6) is 0 Å². The van der Waals surface area contributed by atoms with Gasteiger partial charge in [0.15, 0.2) is 23.3 Å². The lowest BCUT2D eigenvalue weighted by Crippen LogP contribution is -2.11. The van der Waals surface area contributed by atoms with E-state index in [4.69, 9.17) is 4.74 Å². The van der Waals surface area contributed by atoms with E-state index in [-0.39, 0.29) is 23.0 Å². The summed E-state index contributed by atoms with van der Waals surface area (Å²) < 4.78 is 58.6. The highest BCUT2D eigenvalue weighted by atomic mass is 19.2.